The number of hydrogen-bond donors (Lipinski definition) is 1. The highest BCUT2D eigenvalue weighted by molar-refractivity contribution is 5.94. The van der Waals surface area contributed by atoms with Gasteiger partial charge in [0, 0.05) is 18.0 Å². The van der Waals surface area contributed by atoms with E-state index in [0.717, 1.165) is 11.6 Å². The number of hydroxylamine groups is 1. The second kappa shape index (κ2) is 7.06. The van der Waals surface area contributed by atoms with Gasteiger partial charge in [0.25, 0.3) is 0 Å². The van der Waals surface area contributed by atoms with Crippen LogP contribution in [0, 0.1) is 11.6 Å². The molecule has 6 nitrogen and oxygen atoms in total. The molecule has 2 aromatic rings. The first-order valence-electron chi connectivity index (χ1n) is 9.01. The molecule has 3 aliphatic heterocycles. The summed E-state index contributed by atoms with van der Waals surface area (Å²) >= 11 is 0. The lowest BCUT2D eigenvalue weighted by Crippen LogP contribution is -2.26. The van der Waals surface area contributed by atoms with Crippen LogP contribution >= 0.6 is 0 Å². The van der Waals surface area contributed by atoms with Gasteiger partial charge in [0.15, 0.2) is 23.6 Å². The lowest BCUT2D eigenvalue weighted by atomic mass is 10.2. The maximum atomic E-state index is 14.0. The monoisotopic (exact) mass is 391 g/mol. The molecule has 0 fully saturated rings. The molecule has 0 spiro atoms. The standard InChI is InChI=1S/C21H15F2N5O/c22-15-8-4-7-14(19(15)23)20-24-16-9-10-28(11-17(16)25-20)12-18-26-21(29-27-18)13-5-2-1-3-6-13/h1-11,18,27H,12H2. The Morgan fingerprint density at radius 3 is 2.66 bits per heavy atom. The van der Waals surface area contributed by atoms with Crippen LogP contribution in [0.1, 0.15) is 5.56 Å². The summed E-state index contributed by atoms with van der Waals surface area (Å²) in [4.78, 5) is 18.7. The minimum absolute atomic E-state index is 0.0377. The minimum Gasteiger partial charge on any atom is -0.386 e. The number of aromatic nitrogens is 3. The van der Waals surface area contributed by atoms with Crippen molar-refractivity contribution in [1.29, 1.82) is 0 Å². The first kappa shape index (κ1) is 17.4. The van der Waals surface area contributed by atoms with Crippen molar-refractivity contribution in [1.82, 2.24) is 20.0 Å². The molecule has 1 atom stereocenters. The molecule has 0 bridgehead atoms. The molecule has 8 heteroatoms. The highest BCUT2D eigenvalue weighted by Gasteiger charge is 2.21. The predicted molar refractivity (Wildman–Crippen MR) is 103 cm³/mol. The zero-order valence-corrected chi connectivity index (χ0v) is 15.1. The smallest absolute Gasteiger partial charge is 0.242 e. The van der Waals surface area contributed by atoms with E-state index in [0.29, 0.717) is 23.8 Å². The molecule has 1 unspecified atom stereocenters. The SMILES string of the molecule is Fc1cccc(-c2nc3ccn(CC4N=C(c5ccccc5)ON4)cc-3n2)c1F. The van der Waals surface area contributed by atoms with E-state index >= 15 is 0 Å². The molecule has 29 heavy (non-hydrogen) atoms. The zero-order valence-electron chi connectivity index (χ0n) is 15.1. The summed E-state index contributed by atoms with van der Waals surface area (Å²) in [5.74, 6) is -1.19. The number of fused-ring (bicyclic) bond motifs is 1. The Bertz CT molecular complexity index is 1170. The Kier molecular flexibility index (Phi) is 4.25. The van der Waals surface area contributed by atoms with Gasteiger partial charge in [-0.1, -0.05) is 24.3 Å². The molecular formula is C21H15F2N5O. The molecule has 0 aliphatic carbocycles. The Morgan fingerprint density at radius 2 is 1.79 bits per heavy atom. The number of nitrogens with zero attached hydrogens (tertiary/aromatic N) is 4. The van der Waals surface area contributed by atoms with Crippen molar-refractivity contribution in [3.8, 4) is 22.8 Å². The lowest BCUT2D eigenvalue weighted by molar-refractivity contribution is 0.171. The number of pyridine rings is 1. The van der Waals surface area contributed by atoms with Crippen LogP contribution in [0.5, 0.6) is 0 Å². The highest BCUT2D eigenvalue weighted by atomic mass is 19.2. The van der Waals surface area contributed by atoms with Crippen LogP contribution < -0.4 is 5.48 Å². The number of benzene rings is 2. The van der Waals surface area contributed by atoms with Gasteiger partial charge in [-0.3, -0.25) is 0 Å². The summed E-state index contributed by atoms with van der Waals surface area (Å²) in [6.45, 7) is 0.503. The van der Waals surface area contributed by atoms with E-state index in [1.165, 1.54) is 12.1 Å². The van der Waals surface area contributed by atoms with E-state index in [9.17, 15) is 8.78 Å². The van der Waals surface area contributed by atoms with Gasteiger partial charge < -0.3 is 9.40 Å². The summed E-state index contributed by atoms with van der Waals surface area (Å²) in [6, 6.07) is 15.4. The number of nitrogens with one attached hydrogen (secondary N) is 1. The first-order chi connectivity index (χ1) is 14.2. The molecule has 0 saturated carbocycles. The van der Waals surface area contributed by atoms with Crippen molar-refractivity contribution in [2.24, 2.45) is 4.99 Å². The lowest BCUT2D eigenvalue weighted by Gasteiger charge is -2.10. The van der Waals surface area contributed by atoms with E-state index in [-0.39, 0.29) is 17.6 Å². The maximum absolute atomic E-state index is 14.0. The van der Waals surface area contributed by atoms with Gasteiger partial charge in [-0.05, 0) is 30.3 Å². The minimum atomic E-state index is -0.953. The molecule has 3 heterocycles. The fourth-order valence-electron chi connectivity index (χ4n) is 3.17. The van der Waals surface area contributed by atoms with E-state index in [2.05, 4.69) is 20.4 Å². The molecular weight excluding hydrogens is 376 g/mol. The van der Waals surface area contributed by atoms with Gasteiger partial charge >= 0.3 is 0 Å². The van der Waals surface area contributed by atoms with E-state index in [1.807, 2.05) is 41.1 Å². The molecule has 1 N–H and O–H groups in total. The van der Waals surface area contributed by atoms with Crippen LogP contribution in [0.2, 0.25) is 0 Å². The quantitative estimate of drug-likeness (QED) is 0.577. The van der Waals surface area contributed by atoms with E-state index in [4.69, 9.17) is 4.84 Å². The van der Waals surface area contributed by atoms with Gasteiger partial charge in [0.1, 0.15) is 5.69 Å². The van der Waals surface area contributed by atoms with Crippen LogP contribution in [0.4, 0.5) is 8.78 Å². The Labute approximate surface area is 164 Å². The van der Waals surface area contributed by atoms with Crippen LogP contribution in [-0.2, 0) is 11.4 Å². The average molecular weight is 391 g/mol. The maximum Gasteiger partial charge on any atom is 0.242 e. The van der Waals surface area contributed by atoms with Crippen LogP contribution in [-0.4, -0.2) is 26.6 Å². The largest absolute Gasteiger partial charge is 0.386 e. The van der Waals surface area contributed by atoms with Crippen molar-refractivity contribution in [2.75, 3.05) is 0 Å². The summed E-state index contributed by atoms with van der Waals surface area (Å²) < 4.78 is 29.4. The number of halogens is 2. The van der Waals surface area contributed by atoms with Gasteiger partial charge in [0.05, 0.1) is 17.8 Å². The Balaban J connectivity index is 1.39. The molecule has 144 valence electrons. The van der Waals surface area contributed by atoms with Gasteiger partial charge in [-0.25, -0.2) is 23.7 Å². The number of imidazole rings is 1. The molecule has 0 saturated heterocycles. The Morgan fingerprint density at radius 1 is 0.966 bits per heavy atom. The fraction of sp³-hybridized carbons (Fsp3) is 0.0952. The predicted octanol–water partition coefficient (Wildman–Crippen LogP) is 3.64. The third-order valence-corrected chi connectivity index (χ3v) is 4.59. The van der Waals surface area contributed by atoms with Gasteiger partial charge in [-0.15, -0.1) is 5.48 Å². The summed E-state index contributed by atoms with van der Waals surface area (Å²) in [5.41, 5.74) is 5.01. The summed E-state index contributed by atoms with van der Waals surface area (Å²) in [7, 11) is 0. The Hall–Kier alpha value is -3.65. The second-order valence-electron chi connectivity index (χ2n) is 6.60. The zero-order chi connectivity index (χ0) is 19.8. The fourth-order valence-corrected chi connectivity index (χ4v) is 3.17. The molecule has 0 radical (unpaired) electrons. The van der Waals surface area contributed by atoms with E-state index < -0.39 is 11.6 Å². The third kappa shape index (κ3) is 3.34. The first-order valence-corrected chi connectivity index (χ1v) is 9.01. The molecule has 2 aromatic carbocycles. The van der Waals surface area contributed by atoms with Crippen molar-refractivity contribution >= 4 is 5.90 Å². The van der Waals surface area contributed by atoms with Crippen molar-refractivity contribution in [2.45, 2.75) is 12.7 Å². The van der Waals surface area contributed by atoms with Crippen LogP contribution in [0.25, 0.3) is 22.8 Å². The molecule has 5 rings (SSSR count). The summed E-state index contributed by atoms with van der Waals surface area (Å²) in [6.07, 6.45) is 3.36. The van der Waals surface area contributed by atoms with Gasteiger partial charge in [0.2, 0.25) is 5.90 Å². The summed E-state index contributed by atoms with van der Waals surface area (Å²) in [5, 5.41) is 0. The topological polar surface area (TPSA) is 64.3 Å². The number of rotatable bonds is 4. The normalized spacial score (nSPS) is 16.1. The van der Waals surface area contributed by atoms with Crippen LogP contribution in [0.15, 0.2) is 72.0 Å². The van der Waals surface area contributed by atoms with Gasteiger partial charge in [-0.2, -0.15) is 0 Å². The second-order valence-corrected chi connectivity index (χ2v) is 6.60. The van der Waals surface area contributed by atoms with Crippen LogP contribution in [0.3, 0.4) is 0 Å². The van der Waals surface area contributed by atoms with E-state index in [1.54, 1.807) is 12.3 Å². The van der Waals surface area contributed by atoms with Crippen molar-refractivity contribution < 1.29 is 13.6 Å². The van der Waals surface area contributed by atoms with Crippen molar-refractivity contribution in [3.05, 3.63) is 84.2 Å². The number of hydrogen-bond acceptors (Lipinski definition) is 5. The third-order valence-electron chi connectivity index (χ3n) is 4.59. The molecule has 3 aliphatic rings. The molecule has 0 amide bonds. The average Bonchev–Trinajstić information content (AvgIpc) is 3.37. The highest BCUT2D eigenvalue weighted by Crippen LogP contribution is 2.27. The van der Waals surface area contributed by atoms with Crippen molar-refractivity contribution in [3.63, 3.8) is 0 Å². The number of aliphatic imine (C=N–C) groups is 1. The molecule has 0 aromatic heterocycles.